The van der Waals surface area contributed by atoms with Crippen LogP contribution in [0.15, 0.2) is 52.3 Å². The smallest absolute Gasteiger partial charge is 0.299 e. The summed E-state index contributed by atoms with van der Waals surface area (Å²) >= 11 is 0. The summed E-state index contributed by atoms with van der Waals surface area (Å²) in [6.07, 6.45) is 0. The fourth-order valence-corrected chi connectivity index (χ4v) is 3.63. The highest BCUT2D eigenvalue weighted by molar-refractivity contribution is 7.86. The number of methoxy groups -OCH3 is 2. The first-order chi connectivity index (χ1) is 13.0. The van der Waals surface area contributed by atoms with Crippen LogP contribution in [0.25, 0.3) is 0 Å². The number of hydrogen-bond donors (Lipinski definition) is 1. The van der Waals surface area contributed by atoms with Crippen LogP contribution in [0.2, 0.25) is 0 Å². The molecule has 0 aliphatic carbocycles. The molecular weight excluding hydrogens is 408 g/mol. The summed E-state index contributed by atoms with van der Waals surface area (Å²) in [6.45, 7) is 3.62. The van der Waals surface area contributed by atoms with Gasteiger partial charge in [-0.05, 0) is 37.6 Å². The molecule has 156 valence electrons. The number of benzene rings is 2. The predicted molar refractivity (Wildman–Crippen MR) is 103 cm³/mol. The van der Waals surface area contributed by atoms with E-state index in [9.17, 15) is 16.8 Å². The van der Waals surface area contributed by atoms with Gasteiger partial charge in [-0.1, -0.05) is 35.4 Å². The highest BCUT2D eigenvalue weighted by atomic mass is 32.2. The van der Waals surface area contributed by atoms with Crippen molar-refractivity contribution in [1.82, 2.24) is 0 Å². The molecule has 0 aliphatic heterocycles. The molecule has 8 nitrogen and oxygen atoms in total. The van der Waals surface area contributed by atoms with Crippen LogP contribution >= 0.6 is 0 Å². The second kappa shape index (κ2) is 10.6. The van der Waals surface area contributed by atoms with Crippen LogP contribution in [0.1, 0.15) is 16.7 Å². The molecule has 2 aromatic rings. The molecular formula is C18H24O8S2. The Kier molecular flexibility index (Phi) is 9.21. The highest BCUT2D eigenvalue weighted by Gasteiger charge is 2.15. The number of hydrogen-bond acceptors (Lipinski definition) is 7. The van der Waals surface area contributed by atoms with Gasteiger partial charge < -0.3 is 9.47 Å². The van der Waals surface area contributed by atoms with Gasteiger partial charge in [0.2, 0.25) is 0 Å². The standard InChI is InChI=1S/2C9H12O4S/c1-8-3-5-9(6-4-8)14(10,11)13-7-12-2;1-7-3-4-9(14(10,11)12)8(5-7)6-13-2/h3-6H,7H2,1-2H3;3-5H,6H2,1-2H3,(H,10,11,12). The molecule has 0 saturated carbocycles. The lowest BCUT2D eigenvalue weighted by molar-refractivity contribution is 0.0561. The second-order valence-corrected chi connectivity index (χ2v) is 8.82. The quantitative estimate of drug-likeness (QED) is 0.403. The molecule has 28 heavy (non-hydrogen) atoms. The molecule has 0 fully saturated rings. The molecule has 0 bridgehead atoms. The van der Waals surface area contributed by atoms with Gasteiger partial charge in [0, 0.05) is 14.2 Å². The van der Waals surface area contributed by atoms with Gasteiger partial charge in [-0.15, -0.1) is 0 Å². The molecule has 0 saturated heterocycles. The molecule has 0 radical (unpaired) electrons. The normalized spacial score (nSPS) is 11.6. The van der Waals surface area contributed by atoms with E-state index < -0.39 is 20.2 Å². The fourth-order valence-electron chi connectivity index (χ4n) is 2.11. The van der Waals surface area contributed by atoms with Gasteiger partial charge in [0.05, 0.1) is 16.4 Å². The van der Waals surface area contributed by atoms with E-state index in [1.807, 2.05) is 13.8 Å². The van der Waals surface area contributed by atoms with E-state index in [0.717, 1.165) is 11.1 Å². The molecule has 2 aromatic carbocycles. The first-order valence-corrected chi connectivity index (χ1v) is 10.9. The minimum absolute atomic E-state index is 0.0926. The summed E-state index contributed by atoms with van der Waals surface area (Å²) in [4.78, 5) is 0.0464. The van der Waals surface area contributed by atoms with Crippen LogP contribution in [0.4, 0.5) is 0 Å². The van der Waals surface area contributed by atoms with Gasteiger partial charge in [0.1, 0.15) is 0 Å². The molecule has 0 aliphatic rings. The maximum Gasteiger partial charge on any atom is 0.299 e. The Morgan fingerprint density at radius 3 is 1.93 bits per heavy atom. The Morgan fingerprint density at radius 2 is 1.43 bits per heavy atom. The molecule has 2 rings (SSSR count). The van der Waals surface area contributed by atoms with Gasteiger partial charge in [-0.2, -0.15) is 16.8 Å². The van der Waals surface area contributed by atoms with Crippen LogP contribution in [-0.4, -0.2) is 42.4 Å². The molecule has 0 unspecified atom stereocenters. The lowest BCUT2D eigenvalue weighted by atomic mass is 10.1. The predicted octanol–water partition coefficient (Wildman–Crippen LogP) is 2.69. The number of rotatable bonds is 7. The van der Waals surface area contributed by atoms with Crippen molar-refractivity contribution in [3.05, 3.63) is 59.2 Å². The van der Waals surface area contributed by atoms with Crippen molar-refractivity contribution >= 4 is 20.2 Å². The van der Waals surface area contributed by atoms with Crippen molar-refractivity contribution in [3.63, 3.8) is 0 Å². The van der Waals surface area contributed by atoms with E-state index >= 15 is 0 Å². The molecule has 1 N–H and O–H groups in total. The van der Waals surface area contributed by atoms with Gasteiger partial charge in [-0.3, -0.25) is 4.55 Å². The lowest BCUT2D eigenvalue weighted by Gasteiger charge is -2.06. The van der Waals surface area contributed by atoms with Crippen LogP contribution in [0.5, 0.6) is 0 Å². The van der Waals surface area contributed by atoms with Crippen molar-refractivity contribution in [1.29, 1.82) is 0 Å². The Hall–Kier alpha value is -1.82. The molecule has 0 amide bonds. The summed E-state index contributed by atoms with van der Waals surface area (Å²) in [5.74, 6) is 0. The summed E-state index contributed by atoms with van der Waals surface area (Å²) in [6, 6.07) is 11.1. The zero-order valence-corrected chi connectivity index (χ0v) is 17.7. The summed E-state index contributed by atoms with van der Waals surface area (Å²) in [5, 5.41) is 0. The zero-order valence-electron chi connectivity index (χ0n) is 16.1. The van der Waals surface area contributed by atoms with Crippen molar-refractivity contribution in [3.8, 4) is 0 Å². The van der Waals surface area contributed by atoms with Gasteiger partial charge in [0.25, 0.3) is 20.2 Å². The Labute approximate surface area is 165 Å². The Bertz CT molecular complexity index is 965. The molecule has 0 aromatic heterocycles. The second-order valence-electron chi connectivity index (χ2n) is 5.81. The minimum atomic E-state index is -4.15. The van der Waals surface area contributed by atoms with Crippen LogP contribution in [0.3, 0.4) is 0 Å². The minimum Gasteiger partial charge on any atom is -0.380 e. The first kappa shape index (κ1) is 24.2. The van der Waals surface area contributed by atoms with E-state index in [4.69, 9.17) is 9.29 Å². The summed E-state index contributed by atoms with van der Waals surface area (Å²) in [7, 11) is -4.98. The van der Waals surface area contributed by atoms with Gasteiger partial charge in [0.15, 0.2) is 6.79 Å². The third kappa shape index (κ3) is 7.66. The molecule has 0 atom stereocenters. The van der Waals surface area contributed by atoms with Crippen molar-refractivity contribution in [2.75, 3.05) is 21.0 Å². The van der Waals surface area contributed by atoms with Gasteiger partial charge in [-0.25, -0.2) is 4.18 Å². The fraction of sp³-hybridized carbons (Fsp3) is 0.333. The Balaban J connectivity index is 0.000000280. The van der Waals surface area contributed by atoms with E-state index in [2.05, 4.69) is 8.92 Å². The van der Waals surface area contributed by atoms with E-state index in [1.165, 1.54) is 32.4 Å². The summed E-state index contributed by atoms with van der Waals surface area (Å²) in [5.41, 5.74) is 2.38. The summed E-state index contributed by atoms with van der Waals surface area (Å²) < 4.78 is 67.5. The van der Waals surface area contributed by atoms with E-state index in [-0.39, 0.29) is 23.2 Å². The topological polar surface area (TPSA) is 116 Å². The largest absolute Gasteiger partial charge is 0.380 e. The maximum atomic E-state index is 11.4. The number of aryl methyl sites for hydroxylation is 2. The molecule has 0 heterocycles. The molecule has 10 heteroatoms. The van der Waals surface area contributed by atoms with Crippen molar-refractivity contribution < 1.29 is 35.0 Å². The SMILES string of the molecule is COCOS(=O)(=O)c1ccc(C)cc1.COCc1cc(C)ccc1S(=O)(=O)O. The van der Waals surface area contributed by atoms with E-state index in [1.54, 1.807) is 24.3 Å². The first-order valence-electron chi connectivity index (χ1n) is 8.02. The average Bonchev–Trinajstić information content (AvgIpc) is 2.60. The van der Waals surface area contributed by atoms with Crippen LogP contribution < -0.4 is 0 Å². The van der Waals surface area contributed by atoms with Crippen molar-refractivity contribution in [2.24, 2.45) is 0 Å². The van der Waals surface area contributed by atoms with Crippen molar-refractivity contribution in [2.45, 2.75) is 30.2 Å². The molecule has 0 spiro atoms. The van der Waals surface area contributed by atoms with Gasteiger partial charge >= 0.3 is 0 Å². The van der Waals surface area contributed by atoms with Crippen LogP contribution in [0, 0.1) is 13.8 Å². The monoisotopic (exact) mass is 432 g/mol. The highest BCUT2D eigenvalue weighted by Crippen LogP contribution is 2.17. The zero-order chi connectivity index (χ0) is 21.4. The Morgan fingerprint density at radius 1 is 0.857 bits per heavy atom. The van der Waals surface area contributed by atoms with Crippen LogP contribution in [-0.2, 0) is 40.5 Å². The third-order valence-corrected chi connectivity index (χ3v) is 5.63. The average molecular weight is 433 g/mol. The maximum absolute atomic E-state index is 11.4. The third-order valence-electron chi connectivity index (χ3n) is 3.42. The van der Waals surface area contributed by atoms with E-state index in [0.29, 0.717) is 5.56 Å². The number of ether oxygens (including phenoxy) is 2. The lowest BCUT2D eigenvalue weighted by Crippen LogP contribution is -2.08.